The van der Waals surface area contributed by atoms with Gasteiger partial charge in [-0.2, -0.15) is 0 Å². The molecule has 0 radical (unpaired) electrons. The molecule has 0 aromatic carbocycles. The van der Waals surface area contributed by atoms with Crippen LogP contribution in [-0.2, 0) is 14.3 Å². The van der Waals surface area contributed by atoms with Crippen molar-refractivity contribution in [1.29, 1.82) is 0 Å². The summed E-state index contributed by atoms with van der Waals surface area (Å²) in [5.41, 5.74) is 0. The van der Waals surface area contributed by atoms with Crippen LogP contribution in [-0.4, -0.2) is 27.9 Å². The summed E-state index contributed by atoms with van der Waals surface area (Å²) < 4.78 is 4.55. The SMILES string of the molecule is CCCCCCCCCCCCCCCCCCCCCC(=O)OC(C)(O)C(=O)O. The predicted octanol–water partition coefficient (Wildman–Crippen LogP) is 7.14. The van der Waals surface area contributed by atoms with E-state index in [-0.39, 0.29) is 6.42 Å². The fraction of sp³-hybridized carbons (Fsp3) is 0.920. The Hall–Kier alpha value is -1.10. The monoisotopic (exact) mass is 428 g/mol. The van der Waals surface area contributed by atoms with Crippen molar-refractivity contribution in [3.8, 4) is 0 Å². The van der Waals surface area contributed by atoms with Crippen LogP contribution in [0.3, 0.4) is 0 Å². The summed E-state index contributed by atoms with van der Waals surface area (Å²) in [6, 6.07) is 0. The second kappa shape index (κ2) is 19.8. The number of hydrogen-bond donors (Lipinski definition) is 2. The van der Waals surface area contributed by atoms with E-state index in [0.29, 0.717) is 6.42 Å². The van der Waals surface area contributed by atoms with Gasteiger partial charge in [0.05, 0.1) is 0 Å². The zero-order chi connectivity index (χ0) is 22.5. The van der Waals surface area contributed by atoms with Gasteiger partial charge in [0.1, 0.15) is 0 Å². The Morgan fingerprint density at radius 3 is 1.23 bits per heavy atom. The number of carbonyl (C=O) groups excluding carboxylic acids is 1. The van der Waals surface area contributed by atoms with Crippen LogP contribution in [0.15, 0.2) is 0 Å². The van der Waals surface area contributed by atoms with E-state index in [2.05, 4.69) is 11.7 Å². The van der Waals surface area contributed by atoms with Crippen LogP contribution < -0.4 is 0 Å². The number of carboxylic acid groups (broad SMARTS) is 1. The Balaban J connectivity index is 3.23. The van der Waals surface area contributed by atoms with Gasteiger partial charge in [0.15, 0.2) is 0 Å². The summed E-state index contributed by atoms with van der Waals surface area (Å²) in [6.07, 6.45) is 24.7. The molecular formula is C25H48O5. The Morgan fingerprint density at radius 1 is 0.633 bits per heavy atom. The first kappa shape index (κ1) is 28.9. The third-order valence-electron chi connectivity index (χ3n) is 5.69. The van der Waals surface area contributed by atoms with Crippen LogP contribution in [0, 0.1) is 0 Å². The highest BCUT2D eigenvalue weighted by molar-refractivity contribution is 5.79. The molecule has 0 saturated carbocycles. The molecule has 178 valence electrons. The number of aliphatic hydroxyl groups is 1. The molecule has 0 aromatic rings. The highest BCUT2D eigenvalue weighted by Crippen LogP contribution is 2.15. The molecule has 1 unspecified atom stereocenters. The van der Waals surface area contributed by atoms with Gasteiger partial charge in [0.2, 0.25) is 0 Å². The molecule has 2 N–H and O–H groups in total. The molecule has 0 aliphatic carbocycles. The lowest BCUT2D eigenvalue weighted by Crippen LogP contribution is -2.39. The van der Waals surface area contributed by atoms with Gasteiger partial charge >= 0.3 is 17.7 Å². The van der Waals surface area contributed by atoms with Crippen LogP contribution in [0.25, 0.3) is 0 Å². The molecule has 0 spiro atoms. The molecule has 0 fully saturated rings. The third-order valence-corrected chi connectivity index (χ3v) is 5.69. The summed E-state index contributed by atoms with van der Waals surface area (Å²) in [7, 11) is 0. The van der Waals surface area contributed by atoms with E-state index >= 15 is 0 Å². The van der Waals surface area contributed by atoms with Crippen LogP contribution in [0.2, 0.25) is 0 Å². The number of rotatable bonds is 22. The topological polar surface area (TPSA) is 83.8 Å². The maximum Gasteiger partial charge on any atom is 0.376 e. The van der Waals surface area contributed by atoms with E-state index < -0.39 is 17.7 Å². The standard InChI is InChI=1S/C25H48O5/c1-3-4-5-6-7-8-9-10-11-12-13-14-15-16-17-18-19-20-21-22-23(26)30-25(2,29)24(27)28/h29H,3-22H2,1-2H3,(H,27,28). The first-order valence-corrected chi connectivity index (χ1v) is 12.6. The van der Waals surface area contributed by atoms with Gasteiger partial charge in [-0.15, -0.1) is 0 Å². The first-order valence-electron chi connectivity index (χ1n) is 12.6. The van der Waals surface area contributed by atoms with Crippen molar-refractivity contribution in [3.05, 3.63) is 0 Å². The number of hydrogen-bond acceptors (Lipinski definition) is 4. The van der Waals surface area contributed by atoms with Gasteiger partial charge in [0.25, 0.3) is 0 Å². The van der Waals surface area contributed by atoms with Gasteiger partial charge in [-0.05, 0) is 6.42 Å². The Bertz CT molecular complexity index is 420. The minimum absolute atomic E-state index is 0.155. The largest absolute Gasteiger partial charge is 0.476 e. The van der Waals surface area contributed by atoms with Crippen molar-refractivity contribution in [1.82, 2.24) is 0 Å². The molecule has 0 amide bonds. The lowest BCUT2D eigenvalue weighted by molar-refractivity contribution is -0.217. The molecule has 0 saturated heterocycles. The maximum absolute atomic E-state index is 11.5. The van der Waals surface area contributed by atoms with Crippen molar-refractivity contribution in [2.24, 2.45) is 0 Å². The van der Waals surface area contributed by atoms with Crippen molar-refractivity contribution >= 4 is 11.9 Å². The van der Waals surface area contributed by atoms with Crippen LogP contribution in [0.4, 0.5) is 0 Å². The zero-order valence-electron chi connectivity index (χ0n) is 19.8. The summed E-state index contributed by atoms with van der Waals surface area (Å²) in [5, 5.41) is 18.1. The van der Waals surface area contributed by atoms with Crippen molar-refractivity contribution < 1.29 is 24.5 Å². The van der Waals surface area contributed by atoms with Gasteiger partial charge in [-0.25, -0.2) is 4.79 Å². The molecule has 0 aromatic heterocycles. The van der Waals surface area contributed by atoms with Gasteiger partial charge in [-0.1, -0.05) is 122 Å². The number of ether oxygens (including phenoxy) is 1. The third kappa shape index (κ3) is 18.9. The van der Waals surface area contributed by atoms with E-state index in [4.69, 9.17) is 5.11 Å². The number of aliphatic carboxylic acids is 1. The van der Waals surface area contributed by atoms with Crippen LogP contribution in [0.1, 0.15) is 142 Å². The van der Waals surface area contributed by atoms with Crippen LogP contribution in [0.5, 0.6) is 0 Å². The molecule has 30 heavy (non-hydrogen) atoms. The zero-order valence-corrected chi connectivity index (χ0v) is 19.8. The second-order valence-electron chi connectivity index (χ2n) is 8.88. The van der Waals surface area contributed by atoms with E-state index in [1.54, 1.807) is 0 Å². The average molecular weight is 429 g/mol. The first-order chi connectivity index (χ1) is 14.4. The fourth-order valence-corrected chi connectivity index (χ4v) is 3.66. The molecular weight excluding hydrogens is 380 g/mol. The Morgan fingerprint density at radius 2 is 0.933 bits per heavy atom. The highest BCUT2D eigenvalue weighted by atomic mass is 16.7. The average Bonchev–Trinajstić information content (AvgIpc) is 2.69. The number of carboxylic acids is 1. The Labute approximate surface area is 185 Å². The number of carbonyl (C=O) groups is 2. The molecule has 0 heterocycles. The normalized spacial score (nSPS) is 13.2. The van der Waals surface area contributed by atoms with E-state index in [0.717, 1.165) is 19.8 Å². The van der Waals surface area contributed by atoms with E-state index in [1.165, 1.54) is 103 Å². The molecule has 0 aliphatic heterocycles. The smallest absolute Gasteiger partial charge is 0.376 e. The Kier molecular flexibility index (Phi) is 19.1. The van der Waals surface area contributed by atoms with E-state index in [1.807, 2.05) is 0 Å². The van der Waals surface area contributed by atoms with Gasteiger partial charge in [0, 0.05) is 13.3 Å². The highest BCUT2D eigenvalue weighted by Gasteiger charge is 2.34. The minimum Gasteiger partial charge on any atom is -0.476 e. The molecule has 0 bridgehead atoms. The van der Waals surface area contributed by atoms with Gasteiger partial charge < -0.3 is 14.9 Å². The minimum atomic E-state index is -2.43. The summed E-state index contributed by atoms with van der Waals surface area (Å²) in [5.74, 6) is -4.64. The molecule has 5 heteroatoms. The summed E-state index contributed by atoms with van der Waals surface area (Å²) >= 11 is 0. The second-order valence-corrected chi connectivity index (χ2v) is 8.88. The van der Waals surface area contributed by atoms with Crippen LogP contribution >= 0.6 is 0 Å². The van der Waals surface area contributed by atoms with Crippen molar-refractivity contribution in [2.75, 3.05) is 0 Å². The fourth-order valence-electron chi connectivity index (χ4n) is 3.66. The molecule has 0 aliphatic rings. The van der Waals surface area contributed by atoms with Crippen molar-refractivity contribution in [3.63, 3.8) is 0 Å². The quantitative estimate of drug-likeness (QED) is 0.109. The summed E-state index contributed by atoms with van der Waals surface area (Å²) in [6.45, 7) is 3.23. The van der Waals surface area contributed by atoms with E-state index in [9.17, 15) is 14.7 Å². The lowest BCUT2D eigenvalue weighted by Gasteiger charge is -2.18. The molecule has 0 rings (SSSR count). The number of unbranched alkanes of at least 4 members (excludes halogenated alkanes) is 18. The van der Waals surface area contributed by atoms with Gasteiger partial charge in [-0.3, -0.25) is 4.79 Å². The molecule has 1 atom stereocenters. The lowest BCUT2D eigenvalue weighted by atomic mass is 10.0. The molecule has 5 nitrogen and oxygen atoms in total. The summed E-state index contributed by atoms with van der Waals surface area (Å²) in [4.78, 5) is 22.2. The number of esters is 1. The van der Waals surface area contributed by atoms with Crippen molar-refractivity contribution in [2.45, 2.75) is 148 Å². The maximum atomic E-state index is 11.5. The predicted molar refractivity (Wildman–Crippen MR) is 122 cm³/mol.